The first-order valence-corrected chi connectivity index (χ1v) is 6.28. The molecule has 0 aliphatic heterocycles. The van der Waals surface area contributed by atoms with Gasteiger partial charge in [0, 0.05) is 11.6 Å². The largest absolute Gasteiger partial charge is 0.497 e. The minimum atomic E-state index is 0.705. The number of aromatic nitrogens is 1. The molecule has 1 aromatic heterocycles. The van der Waals surface area contributed by atoms with Crippen LogP contribution in [0.2, 0.25) is 0 Å². The summed E-state index contributed by atoms with van der Waals surface area (Å²) >= 11 is 0. The topological polar surface area (TPSA) is 33.4 Å². The van der Waals surface area contributed by atoms with Crippen molar-refractivity contribution in [3.05, 3.63) is 54.6 Å². The molecule has 1 heterocycles. The number of fused-ring (bicyclic) bond motifs is 1. The van der Waals surface area contributed by atoms with Crippen molar-refractivity contribution in [2.75, 3.05) is 7.11 Å². The highest BCUT2D eigenvalue weighted by atomic mass is 16.5. The van der Waals surface area contributed by atoms with Crippen LogP contribution in [0, 0.1) is 0 Å². The molecule has 3 nitrogen and oxygen atoms in total. The molecule has 0 aliphatic carbocycles. The van der Waals surface area contributed by atoms with Gasteiger partial charge in [-0.15, -0.1) is 0 Å². The lowest BCUT2D eigenvalue weighted by atomic mass is 10.1. The Kier molecular flexibility index (Phi) is 3.17. The van der Waals surface area contributed by atoms with Gasteiger partial charge in [-0.1, -0.05) is 30.3 Å². The molecule has 20 heavy (non-hydrogen) atoms. The number of pyridine rings is 1. The van der Waals surface area contributed by atoms with Crippen molar-refractivity contribution < 1.29 is 9.16 Å². The normalized spacial score (nSPS) is 10.4. The van der Waals surface area contributed by atoms with Gasteiger partial charge in [-0.3, -0.25) is 0 Å². The van der Waals surface area contributed by atoms with Gasteiger partial charge < -0.3 is 4.74 Å². The van der Waals surface area contributed by atoms with E-state index in [4.69, 9.17) is 9.16 Å². The number of methoxy groups -OCH3 is 1. The van der Waals surface area contributed by atoms with Crippen LogP contribution in [0.4, 0.5) is 0 Å². The first-order chi connectivity index (χ1) is 9.81. The zero-order chi connectivity index (χ0) is 13.9. The first-order valence-electron chi connectivity index (χ1n) is 6.28. The molecular formula is C17H14NO2+. The number of hydrogen-bond donors (Lipinski definition) is 0. The van der Waals surface area contributed by atoms with E-state index < -0.39 is 0 Å². The fraction of sp³-hybridized carbons (Fsp3) is 0.0588. The van der Waals surface area contributed by atoms with Gasteiger partial charge in [0.2, 0.25) is 0 Å². The second-order valence-corrected chi connectivity index (χ2v) is 4.40. The summed E-state index contributed by atoms with van der Waals surface area (Å²) in [5, 5.41) is 0.917. The molecule has 0 aliphatic rings. The highest BCUT2D eigenvalue weighted by Crippen LogP contribution is 2.31. The maximum Gasteiger partial charge on any atom is 0.363 e. The third kappa shape index (κ3) is 2.14. The van der Waals surface area contributed by atoms with Crippen molar-refractivity contribution >= 4 is 17.7 Å². The predicted molar refractivity (Wildman–Crippen MR) is 80.3 cm³/mol. The van der Waals surface area contributed by atoms with Gasteiger partial charge in [-0.2, -0.15) is 0 Å². The molecule has 0 amide bonds. The monoisotopic (exact) mass is 264 g/mol. The van der Waals surface area contributed by atoms with Gasteiger partial charge in [0.15, 0.2) is 0 Å². The highest BCUT2D eigenvalue weighted by molar-refractivity contribution is 5.88. The minimum absolute atomic E-state index is 0.705. The lowest BCUT2D eigenvalue weighted by Crippen LogP contribution is -1.88. The summed E-state index contributed by atoms with van der Waals surface area (Å²) in [4.78, 5) is 4.67. The van der Waals surface area contributed by atoms with E-state index in [1.165, 1.54) is 0 Å². The van der Waals surface area contributed by atoms with Gasteiger partial charge >= 0.3 is 5.75 Å². The summed E-state index contributed by atoms with van der Waals surface area (Å²) in [5.74, 6) is 1.47. The van der Waals surface area contributed by atoms with Crippen molar-refractivity contribution in [3.63, 3.8) is 0 Å². The second kappa shape index (κ2) is 5.13. The summed E-state index contributed by atoms with van der Waals surface area (Å²) in [6.45, 7) is 3.52. The van der Waals surface area contributed by atoms with Crippen LogP contribution in [0.15, 0.2) is 54.6 Å². The predicted octanol–water partition coefficient (Wildman–Crippen LogP) is 3.99. The van der Waals surface area contributed by atoms with E-state index >= 15 is 0 Å². The summed E-state index contributed by atoms with van der Waals surface area (Å²) in [7, 11) is 1.64. The average Bonchev–Trinajstić information content (AvgIpc) is 2.54. The Labute approximate surface area is 117 Å². The number of carbonyl (C=O) groups excluding carboxylic acids is 1. The zero-order valence-electron chi connectivity index (χ0n) is 11.2. The zero-order valence-corrected chi connectivity index (χ0v) is 11.2. The van der Waals surface area contributed by atoms with Crippen molar-refractivity contribution in [1.29, 1.82) is 0 Å². The van der Waals surface area contributed by atoms with Crippen LogP contribution in [0.1, 0.15) is 0 Å². The molecule has 0 unspecified atom stereocenters. The Morgan fingerprint density at radius 1 is 1.05 bits per heavy atom. The Bertz CT molecular complexity index is 767. The number of hydrogen-bond acceptors (Lipinski definition) is 2. The van der Waals surface area contributed by atoms with Crippen LogP contribution in [-0.2, 0) is 4.42 Å². The van der Waals surface area contributed by atoms with E-state index in [1.54, 1.807) is 7.11 Å². The molecule has 0 saturated heterocycles. The van der Waals surface area contributed by atoms with Crippen LogP contribution in [0.5, 0.6) is 11.5 Å². The van der Waals surface area contributed by atoms with Gasteiger partial charge in [-0.05, 0) is 12.1 Å². The van der Waals surface area contributed by atoms with Crippen molar-refractivity contribution in [2.24, 2.45) is 0 Å². The maximum atomic E-state index is 5.24. The lowest BCUT2D eigenvalue weighted by molar-refractivity contribution is -0.352. The molecule has 0 saturated carbocycles. The molecule has 0 spiro atoms. The molecule has 3 rings (SSSR count). The van der Waals surface area contributed by atoms with Crippen molar-refractivity contribution in [1.82, 2.24) is 4.98 Å². The second-order valence-electron chi connectivity index (χ2n) is 4.40. The average molecular weight is 264 g/mol. The summed E-state index contributed by atoms with van der Waals surface area (Å²) < 4.78 is 10.5. The molecule has 98 valence electrons. The van der Waals surface area contributed by atoms with Crippen molar-refractivity contribution in [3.8, 4) is 22.8 Å². The Hall–Kier alpha value is -2.68. The van der Waals surface area contributed by atoms with Crippen molar-refractivity contribution in [2.45, 2.75) is 0 Å². The Morgan fingerprint density at radius 3 is 2.55 bits per heavy atom. The fourth-order valence-corrected chi connectivity index (χ4v) is 2.18. The SMILES string of the molecule is C=[O+]c1cc(-c2ccccc2)nc2cc(OC)ccc12. The van der Waals surface area contributed by atoms with Gasteiger partial charge in [0.05, 0.1) is 24.4 Å². The van der Waals surface area contributed by atoms with Crippen LogP contribution in [0.25, 0.3) is 22.2 Å². The number of nitrogens with zero attached hydrogens (tertiary/aromatic N) is 1. The van der Waals surface area contributed by atoms with E-state index in [9.17, 15) is 0 Å². The van der Waals surface area contributed by atoms with Crippen LogP contribution >= 0.6 is 0 Å². The molecule has 0 fully saturated rings. The Balaban J connectivity index is 2.27. The third-order valence-electron chi connectivity index (χ3n) is 3.20. The number of rotatable bonds is 3. The molecule has 3 heteroatoms. The lowest BCUT2D eigenvalue weighted by Gasteiger charge is -2.04. The summed E-state index contributed by atoms with van der Waals surface area (Å²) in [6, 6.07) is 17.6. The van der Waals surface area contributed by atoms with E-state index in [2.05, 4.69) is 11.8 Å². The van der Waals surface area contributed by atoms with E-state index in [1.807, 2.05) is 54.6 Å². The number of benzene rings is 2. The summed E-state index contributed by atoms with van der Waals surface area (Å²) in [6.07, 6.45) is 0. The molecule has 0 radical (unpaired) electrons. The fourth-order valence-electron chi connectivity index (χ4n) is 2.18. The molecule has 0 N–H and O–H groups in total. The van der Waals surface area contributed by atoms with Gasteiger partial charge in [0.1, 0.15) is 11.1 Å². The third-order valence-corrected chi connectivity index (χ3v) is 3.20. The quantitative estimate of drug-likeness (QED) is 0.670. The van der Waals surface area contributed by atoms with Crippen LogP contribution < -0.4 is 4.74 Å². The number of ether oxygens (including phenoxy) is 1. The summed E-state index contributed by atoms with van der Waals surface area (Å²) in [5.41, 5.74) is 2.71. The van der Waals surface area contributed by atoms with E-state index in [-0.39, 0.29) is 0 Å². The minimum Gasteiger partial charge on any atom is -0.497 e. The standard InChI is InChI=1S/C17H14NO2/c1-19-13-8-9-14-16(10-13)18-15(11-17(14)20-2)12-6-4-3-5-7-12/h3-11H,2H2,1H3/q+1. The van der Waals surface area contributed by atoms with Crippen LogP contribution in [0.3, 0.4) is 0 Å². The highest BCUT2D eigenvalue weighted by Gasteiger charge is 2.14. The smallest absolute Gasteiger partial charge is 0.363 e. The van der Waals surface area contributed by atoms with Gasteiger partial charge in [-0.25, -0.2) is 9.41 Å². The molecular weight excluding hydrogens is 250 g/mol. The van der Waals surface area contributed by atoms with E-state index in [0.29, 0.717) is 5.75 Å². The Morgan fingerprint density at radius 2 is 1.85 bits per heavy atom. The molecule has 0 atom stereocenters. The molecule has 0 bridgehead atoms. The van der Waals surface area contributed by atoms with Gasteiger partial charge in [0.25, 0.3) is 6.79 Å². The van der Waals surface area contributed by atoms with E-state index in [0.717, 1.165) is 27.9 Å². The molecule has 3 aromatic rings. The molecule has 2 aromatic carbocycles. The maximum absolute atomic E-state index is 5.24. The first kappa shape index (κ1) is 12.4. The van der Waals surface area contributed by atoms with Crippen LogP contribution in [-0.4, -0.2) is 18.9 Å².